The number of aromatic amines is 1. The van der Waals surface area contributed by atoms with Crippen LogP contribution in [0, 0.1) is 5.82 Å². The summed E-state index contributed by atoms with van der Waals surface area (Å²) in [6.07, 6.45) is 2.66. The van der Waals surface area contributed by atoms with Gasteiger partial charge in [0, 0.05) is 39.9 Å². The van der Waals surface area contributed by atoms with Crippen molar-refractivity contribution in [2.75, 3.05) is 0 Å². The minimum absolute atomic E-state index is 0.178. The zero-order valence-corrected chi connectivity index (χ0v) is 15.9. The van der Waals surface area contributed by atoms with Gasteiger partial charge in [0.1, 0.15) is 5.82 Å². The van der Waals surface area contributed by atoms with Crippen molar-refractivity contribution in [1.82, 2.24) is 15.2 Å². The summed E-state index contributed by atoms with van der Waals surface area (Å²) in [4.78, 5) is 3.25. The summed E-state index contributed by atoms with van der Waals surface area (Å²) >= 11 is 7.30. The van der Waals surface area contributed by atoms with E-state index in [4.69, 9.17) is 16.0 Å². The second kappa shape index (κ2) is 7.72. The van der Waals surface area contributed by atoms with E-state index in [2.05, 4.69) is 27.0 Å². The van der Waals surface area contributed by atoms with Crippen LogP contribution in [0.2, 0.25) is 5.02 Å². The third kappa shape index (κ3) is 3.85. The number of hydrogen-bond donors (Lipinski definition) is 2. The van der Waals surface area contributed by atoms with E-state index in [-0.39, 0.29) is 11.9 Å². The highest BCUT2D eigenvalue weighted by Crippen LogP contribution is 2.29. The Morgan fingerprint density at radius 1 is 1.19 bits per heavy atom. The van der Waals surface area contributed by atoms with E-state index in [1.54, 1.807) is 12.1 Å². The number of nitrogens with one attached hydrogen (secondary N) is 1. The van der Waals surface area contributed by atoms with Crippen LogP contribution in [0.15, 0.2) is 58.3 Å². The maximum Gasteiger partial charge on any atom is 0.277 e. The Kier molecular flexibility index (Phi) is 5.15. The van der Waals surface area contributed by atoms with Gasteiger partial charge in [0.25, 0.3) is 11.1 Å². The molecule has 0 aliphatic heterocycles. The first-order valence-corrected chi connectivity index (χ1v) is 9.75. The number of quaternary nitrogens is 1. The number of para-hydroxylation sites is 1. The van der Waals surface area contributed by atoms with Crippen LogP contribution in [0.1, 0.15) is 23.1 Å². The van der Waals surface area contributed by atoms with Crippen LogP contribution in [-0.4, -0.2) is 15.2 Å². The summed E-state index contributed by atoms with van der Waals surface area (Å²) in [7, 11) is 0. The summed E-state index contributed by atoms with van der Waals surface area (Å²) < 4.78 is 19.6. The highest BCUT2D eigenvalue weighted by Gasteiger charge is 2.20. The molecule has 0 radical (unpaired) electrons. The number of rotatable bonds is 6. The number of H-pyrrole nitrogens is 1. The molecule has 0 bridgehead atoms. The fourth-order valence-corrected chi connectivity index (χ4v) is 4.01. The van der Waals surface area contributed by atoms with Crippen molar-refractivity contribution in [3.05, 3.63) is 76.5 Å². The first kappa shape index (κ1) is 18.0. The van der Waals surface area contributed by atoms with E-state index in [9.17, 15) is 4.39 Å². The Bertz CT molecular complexity index is 1060. The molecule has 0 unspecified atom stereocenters. The number of fused-ring (bicyclic) bond motifs is 1. The van der Waals surface area contributed by atoms with Gasteiger partial charge in [-0.3, -0.25) is 0 Å². The lowest BCUT2D eigenvalue weighted by Gasteiger charge is -2.04. The highest BCUT2D eigenvalue weighted by molar-refractivity contribution is 7.98. The van der Waals surface area contributed by atoms with Crippen molar-refractivity contribution in [2.24, 2.45) is 0 Å². The van der Waals surface area contributed by atoms with Gasteiger partial charge in [0.2, 0.25) is 0 Å². The first-order valence-electron chi connectivity index (χ1n) is 8.39. The normalized spacial score (nSPS) is 12.6. The molecule has 0 aliphatic carbocycles. The monoisotopic (exact) mass is 403 g/mol. The van der Waals surface area contributed by atoms with Crippen LogP contribution in [0.4, 0.5) is 4.39 Å². The van der Waals surface area contributed by atoms with Gasteiger partial charge in [-0.05, 0) is 23.8 Å². The fraction of sp³-hybridized carbons (Fsp3) is 0.158. The first-order chi connectivity index (χ1) is 13.1. The average molecular weight is 404 g/mol. The topological polar surface area (TPSA) is 82.4 Å². The summed E-state index contributed by atoms with van der Waals surface area (Å²) in [5.41, 5.74) is 6.81. The highest BCUT2D eigenvalue weighted by atomic mass is 35.5. The van der Waals surface area contributed by atoms with Gasteiger partial charge in [-0.15, -0.1) is 10.2 Å². The predicted molar refractivity (Wildman–Crippen MR) is 103 cm³/mol. The second-order valence-electron chi connectivity index (χ2n) is 6.16. The van der Waals surface area contributed by atoms with E-state index in [1.165, 1.54) is 17.8 Å². The lowest BCUT2D eigenvalue weighted by atomic mass is 10.1. The van der Waals surface area contributed by atoms with Crippen LogP contribution in [0.5, 0.6) is 0 Å². The zero-order chi connectivity index (χ0) is 18.8. The molecule has 0 saturated carbocycles. The molecule has 5 nitrogen and oxygen atoms in total. The van der Waals surface area contributed by atoms with Gasteiger partial charge in [0.05, 0.1) is 0 Å². The Hall–Kier alpha value is -2.35. The van der Waals surface area contributed by atoms with Crippen molar-refractivity contribution < 1.29 is 14.5 Å². The molecule has 0 saturated heterocycles. The molecule has 0 fully saturated rings. The molecule has 2 heterocycles. The number of hydrogen-bond acceptors (Lipinski definition) is 4. The van der Waals surface area contributed by atoms with Gasteiger partial charge < -0.3 is 15.1 Å². The minimum atomic E-state index is -0.343. The number of halogens is 2. The number of aromatic nitrogens is 3. The Morgan fingerprint density at radius 2 is 2.04 bits per heavy atom. The summed E-state index contributed by atoms with van der Waals surface area (Å²) in [6, 6.07) is 12.5. The van der Waals surface area contributed by atoms with Gasteiger partial charge in [-0.25, -0.2) is 4.39 Å². The Labute approximate surface area is 164 Å². The number of thioether (sulfide) groups is 1. The Balaban J connectivity index is 1.44. The van der Waals surface area contributed by atoms with Crippen LogP contribution in [-0.2, 0) is 12.2 Å². The maximum atomic E-state index is 13.8. The van der Waals surface area contributed by atoms with Gasteiger partial charge >= 0.3 is 0 Å². The molecule has 4 aromatic rings. The second-order valence-corrected chi connectivity index (χ2v) is 7.49. The van der Waals surface area contributed by atoms with E-state index < -0.39 is 0 Å². The van der Waals surface area contributed by atoms with Gasteiger partial charge in [0.15, 0.2) is 6.04 Å². The molecular weight excluding hydrogens is 387 g/mol. The summed E-state index contributed by atoms with van der Waals surface area (Å²) in [5.74, 6) is 0.434. The molecule has 8 heteroatoms. The van der Waals surface area contributed by atoms with Gasteiger partial charge in [-0.2, -0.15) is 0 Å². The molecule has 138 valence electrons. The lowest BCUT2D eigenvalue weighted by Crippen LogP contribution is -2.54. The SMILES string of the molecule is [NH3+][C@@H](Cc1c[nH]c2ccccc12)c1nnc(SCc2c(F)cccc2Cl)o1. The maximum absolute atomic E-state index is 13.8. The smallest absolute Gasteiger partial charge is 0.277 e. The summed E-state index contributed by atoms with van der Waals surface area (Å²) in [6.45, 7) is 0. The molecule has 1 atom stereocenters. The largest absolute Gasteiger partial charge is 0.410 e. The quantitative estimate of drug-likeness (QED) is 0.473. The molecule has 4 N–H and O–H groups in total. The third-order valence-electron chi connectivity index (χ3n) is 4.31. The molecule has 2 aromatic heterocycles. The van der Waals surface area contributed by atoms with E-state index in [0.717, 1.165) is 16.5 Å². The molecular formula is C19H17ClFN4OS+. The average Bonchev–Trinajstić information content (AvgIpc) is 3.29. The molecule has 27 heavy (non-hydrogen) atoms. The van der Waals surface area contributed by atoms with Crippen molar-refractivity contribution >= 4 is 34.3 Å². The fourth-order valence-electron chi connectivity index (χ4n) is 2.90. The number of benzene rings is 2. The van der Waals surface area contributed by atoms with E-state index in [0.29, 0.717) is 33.9 Å². The van der Waals surface area contributed by atoms with E-state index in [1.807, 2.05) is 24.4 Å². The molecule has 0 amide bonds. The van der Waals surface area contributed by atoms with Crippen molar-refractivity contribution in [1.29, 1.82) is 0 Å². The lowest BCUT2D eigenvalue weighted by molar-refractivity contribution is -0.431. The third-order valence-corrected chi connectivity index (χ3v) is 5.51. The molecule has 0 aliphatic rings. The van der Waals surface area contributed by atoms with Crippen molar-refractivity contribution in [3.63, 3.8) is 0 Å². The van der Waals surface area contributed by atoms with E-state index >= 15 is 0 Å². The van der Waals surface area contributed by atoms with Crippen molar-refractivity contribution in [2.45, 2.75) is 23.4 Å². The molecule has 0 spiro atoms. The Morgan fingerprint density at radius 3 is 2.89 bits per heavy atom. The predicted octanol–water partition coefficient (Wildman–Crippen LogP) is 4.16. The van der Waals surface area contributed by atoms with Gasteiger partial charge in [-0.1, -0.05) is 47.6 Å². The molecule has 2 aromatic carbocycles. The van der Waals surface area contributed by atoms with Crippen LogP contribution in [0.25, 0.3) is 10.9 Å². The summed E-state index contributed by atoms with van der Waals surface area (Å²) in [5, 5.41) is 10.1. The zero-order valence-electron chi connectivity index (χ0n) is 14.3. The van der Waals surface area contributed by atoms with Crippen LogP contribution < -0.4 is 5.73 Å². The number of nitrogens with zero attached hydrogens (tertiary/aromatic N) is 2. The standard InChI is InChI=1S/C19H16ClFN4OS/c20-14-5-3-6-15(21)13(14)10-27-19-25-24-18(26-19)16(22)8-11-9-23-17-7-2-1-4-12(11)17/h1-7,9,16,23H,8,10,22H2/p+1/t16-/m0/s1. The minimum Gasteiger partial charge on any atom is -0.410 e. The van der Waals surface area contributed by atoms with Crippen LogP contribution in [0.3, 0.4) is 0 Å². The molecule has 4 rings (SSSR count). The van der Waals surface area contributed by atoms with Crippen LogP contribution >= 0.6 is 23.4 Å². The van der Waals surface area contributed by atoms with Crippen molar-refractivity contribution in [3.8, 4) is 0 Å².